The highest BCUT2D eigenvalue weighted by Crippen LogP contribution is 2.39. The van der Waals surface area contributed by atoms with Gasteiger partial charge in [-0.3, -0.25) is 4.98 Å². The van der Waals surface area contributed by atoms with Crippen molar-refractivity contribution in [3.8, 4) is 33.5 Å². The molecule has 0 fully saturated rings. The van der Waals surface area contributed by atoms with Gasteiger partial charge in [-0.25, -0.2) is 18.6 Å². The van der Waals surface area contributed by atoms with Gasteiger partial charge in [-0.15, -0.1) is 0 Å². The summed E-state index contributed by atoms with van der Waals surface area (Å²) in [5.41, 5.74) is 5.69. The van der Waals surface area contributed by atoms with E-state index in [1.165, 1.54) is 31.4 Å². The summed E-state index contributed by atoms with van der Waals surface area (Å²) in [6.07, 6.45) is 3.37. The fourth-order valence-electron chi connectivity index (χ4n) is 4.15. The molecule has 0 N–H and O–H groups in total. The Labute approximate surface area is 194 Å². The Morgan fingerprint density at radius 1 is 0.853 bits per heavy atom. The fraction of sp³-hybridized carbons (Fsp3) is 0.0741. The van der Waals surface area contributed by atoms with Crippen molar-refractivity contribution in [3.05, 3.63) is 96.5 Å². The molecule has 3 heterocycles. The van der Waals surface area contributed by atoms with Crippen LogP contribution >= 0.6 is 0 Å². The van der Waals surface area contributed by atoms with Crippen LogP contribution in [-0.4, -0.2) is 27.6 Å². The zero-order chi connectivity index (χ0) is 23.8. The quantitative estimate of drug-likeness (QED) is 0.310. The number of carbonyl (C=O) groups is 1. The highest BCUT2D eigenvalue weighted by Gasteiger charge is 2.26. The van der Waals surface area contributed by atoms with E-state index in [0.717, 1.165) is 11.1 Å². The van der Waals surface area contributed by atoms with Crippen molar-refractivity contribution in [3.63, 3.8) is 0 Å². The molecule has 5 aromatic rings. The first-order valence-corrected chi connectivity index (χ1v) is 10.5. The summed E-state index contributed by atoms with van der Waals surface area (Å²) in [5.74, 6) is -1.27. The third-order valence-corrected chi connectivity index (χ3v) is 5.79. The lowest BCUT2D eigenvalue weighted by Gasteiger charge is -2.11. The molecule has 0 amide bonds. The van der Waals surface area contributed by atoms with Gasteiger partial charge in [0.05, 0.1) is 23.8 Å². The molecule has 0 radical (unpaired) electrons. The van der Waals surface area contributed by atoms with Gasteiger partial charge in [-0.2, -0.15) is 0 Å². The summed E-state index contributed by atoms with van der Waals surface area (Å²) >= 11 is 0. The molecule has 7 heteroatoms. The Balaban J connectivity index is 1.90. The maximum Gasteiger partial charge on any atom is 0.355 e. The number of hydrogen-bond acceptors (Lipinski definition) is 4. The molecule has 0 saturated carbocycles. The predicted octanol–water partition coefficient (Wildman–Crippen LogP) is 6.03. The van der Waals surface area contributed by atoms with Crippen LogP contribution in [0, 0.1) is 11.6 Å². The Morgan fingerprint density at radius 3 is 2.03 bits per heavy atom. The van der Waals surface area contributed by atoms with Crippen molar-refractivity contribution < 1.29 is 18.3 Å². The molecule has 0 saturated heterocycles. The summed E-state index contributed by atoms with van der Waals surface area (Å²) in [5, 5.41) is 0. The zero-order valence-corrected chi connectivity index (χ0v) is 18.4. The summed E-state index contributed by atoms with van der Waals surface area (Å²) in [4.78, 5) is 21.9. The number of carbonyl (C=O) groups excluding carboxylic acids is 1. The van der Waals surface area contributed by atoms with Crippen molar-refractivity contribution in [2.24, 2.45) is 7.05 Å². The molecule has 0 atom stereocenters. The van der Waals surface area contributed by atoms with Crippen LogP contribution in [0.3, 0.4) is 0 Å². The third-order valence-electron chi connectivity index (χ3n) is 5.79. The van der Waals surface area contributed by atoms with E-state index in [1.807, 2.05) is 18.2 Å². The van der Waals surface area contributed by atoms with Crippen LogP contribution < -0.4 is 0 Å². The molecule has 5 rings (SSSR count). The molecular weight excluding hydrogens is 436 g/mol. The summed E-state index contributed by atoms with van der Waals surface area (Å²) in [6, 6.07) is 17.6. The smallest absolute Gasteiger partial charge is 0.355 e. The normalized spacial score (nSPS) is 11.1. The minimum absolute atomic E-state index is 0.300. The van der Waals surface area contributed by atoms with E-state index in [2.05, 4.69) is 4.98 Å². The van der Waals surface area contributed by atoms with Crippen LogP contribution in [0.4, 0.5) is 8.78 Å². The second kappa shape index (κ2) is 8.51. The molecule has 3 aromatic heterocycles. The van der Waals surface area contributed by atoms with Crippen LogP contribution in [0.1, 0.15) is 10.5 Å². The number of aromatic nitrogens is 3. The highest BCUT2D eigenvalue weighted by atomic mass is 19.1. The molecule has 0 aliphatic rings. The average Bonchev–Trinajstić information content (AvgIpc) is 3.15. The molecule has 0 spiro atoms. The predicted molar refractivity (Wildman–Crippen MR) is 126 cm³/mol. The maximum atomic E-state index is 13.7. The largest absolute Gasteiger partial charge is 0.464 e. The Kier molecular flexibility index (Phi) is 5.37. The first-order valence-electron chi connectivity index (χ1n) is 10.5. The summed E-state index contributed by atoms with van der Waals surface area (Å²) < 4.78 is 34.1. The van der Waals surface area contributed by atoms with Gasteiger partial charge >= 0.3 is 5.97 Å². The van der Waals surface area contributed by atoms with E-state index in [-0.39, 0.29) is 11.6 Å². The van der Waals surface area contributed by atoms with Gasteiger partial charge in [0.15, 0.2) is 0 Å². The SMILES string of the molecule is COC(=O)c1c(-c2ccc(F)cc2)c2nc(-c3ccc(F)cc3)c(-c3ccncc3)cc2n1C. The number of aryl methyl sites for hydroxylation is 1. The lowest BCUT2D eigenvalue weighted by atomic mass is 9.98. The number of nitrogens with zero attached hydrogens (tertiary/aromatic N) is 3. The number of fused-ring (bicyclic) bond motifs is 1. The molecule has 0 aliphatic carbocycles. The first-order chi connectivity index (χ1) is 16.5. The van der Waals surface area contributed by atoms with Crippen LogP contribution in [0.5, 0.6) is 0 Å². The van der Waals surface area contributed by atoms with Crippen molar-refractivity contribution >= 4 is 17.0 Å². The van der Waals surface area contributed by atoms with E-state index in [1.54, 1.807) is 48.3 Å². The number of ether oxygens (including phenoxy) is 1. The molecule has 0 aliphatic heterocycles. The van der Waals surface area contributed by atoms with Crippen molar-refractivity contribution in [2.75, 3.05) is 7.11 Å². The van der Waals surface area contributed by atoms with Gasteiger partial charge in [0.2, 0.25) is 0 Å². The maximum absolute atomic E-state index is 13.7. The Bertz CT molecular complexity index is 1510. The lowest BCUT2D eigenvalue weighted by molar-refractivity contribution is 0.0591. The zero-order valence-electron chi connectivity index (χ0n) is 18.4. The van der Waals surface area contributed by atoms with E-state index < -0.39 is 5.97 Å². The Morgan fingerprint density at radius 2 is 1.44 bits per heavy atom. The van der Waals surface area contributed by atoms with Crippen molar-refractivity contribution in [2.45, 2.75) is 0 Å². The number of pyridine rings is 2. The molecule has 2 aromatic carbocycles. The monoisotopic (exact) mass is 455 g/mol. The molecule has 5 nitrogen and oxygen atoms in total. The van der Waals surface area contributed by atoms with Crippen LogP contribution in [0.15, 0.2) is 79.1 Å². The third kappa shape index (κ3) is 3.61. The van der Waals surface area contributed by atoms with Gasteiger partial charge < -0.3 is 9.30 Å². The Hall–Kier alpha value is -4.39. The average molecular weight is 455 g/mol. The molecular formula is C27H19F2N3O2. The molecule has 168 valence electrons. The molecule has 34 heavy (non-hydrogen) atoms. The highest BCUT2D eigenvalue weighted by molar-refractivity contribution is 6.08. The number of rotatable bonds is 4. The van der Waals surface area contributed by atoms with Gasteiger partial charge in [0, 0.05) is 36.1 Å². The lowest BCUT2D eigenvalue weighted by Crippen LogP contribution is -2.08. The first kappa shape index (κ1) is 21.5. The number of benzene rings is 2. The van der Waals surface area contributed by atoms with E-state index in [4.69, 9.17) is 9.72 Å². The minimum atomic E-state index is -0.534. The fourth-order valence-corrected chi connectivity index (χ4v) is 4.15. The van der Waals surface area contributed by atoms with Gasteiger partial charge in [0.1, 0.15) is 17.3 Å². The second-order valence-corrected chi connectivity index (χ2v) is 7.78. The molecule has 0 bridgehead atoms. The number of halogens is 2. The summed E-state index contributed by atoms with van der Waals surface area (Å²) in [7, 11) is 3.07. The topological polar surface area (TPSA) is 57.0 Å². The van der Waals surface area contributed by atoms with E-state index in [0.29, 0.717) is 39.1 Å². The summed E-state index contributed by atoms with van der Waals surface area (Å²) in [6.45, 7) is 0. The minimum Gasteiger partial charge on any atom is -0.464 e. The molecule has 0 unspecified atom stereocenters. The van der Waals surface area contributed by atoms with Gasteiger partial charge in [0.25, 0.3) is 0 Å². The van der Waals surface area contributed by atoms with E-state index in [9.17, 15) is 13.6 Å². The number of methoxy groups -OCH3 is 1. The number of hydrogen-bond donors (Lipinski definition) is 0. The van der Waals surface area contributed by atoms with Gasteiger partial charge in [-0.05, 0) is 65.7 Å². The number of esters is 1. The standard InChI is InChI=1S/C27H19F2N3O2/c1-32-22-15-21(16-11-13-30-14-12-16)24(18-5-9-20(29)10-6-18)31-25(22)23(26(32)27(33)34-2)17-3-7-19(28)8-4-17/h3-15H,1-2H3. The van der Waals surface area contributed by atoms with Gasteiger partial charge in [-0.1, -0.05) is 12.1 Å². The van der Waals surface area contributed by atoms with Crippen molar-refractivity contribution in [1.82, 2.24) is 14.5 Å². The van der Waals surface area contributed by atoms with E-state index >= 15 is 0 Å². The van der Waals surface area contributed by atoms with Crippen LogP contribution in [-0.2, 0) is 11.8 Å². The van der Waals surface area contributed by atoms with Crippen molar-refractivity contribution in [1.29, 1.82) is 0 Å². The second-order valence-electron chi connectivity index (χ2n) is 7.78. The van der Waals surface area contributed by atoms with Crippen LogP contribution in [0.25, 0.3) is 44.5 Å². The van der Waals surface area contributed by atoms with Crippen LogP contribution in [0.2, 0.25) is 0 Å².